The first-order chi connectivity index (χ1) is 9.34. The first kappa shape index (κ1) is 12.2. The second kappa shape index (κ2) is 5.43. The standard InChI is InChI=1S/C15H20N4/c16-14-6-7-17-8-13(14)15-9-18-11-19(15)10-12-4-2-1-3-5-12/h6-9,11-12H,1-5,10H2,(H2,16,17). The molecule has 0 aromatic carbocycles. The summed E-state index contributed by atoms with van der Waals surface area (Å²) in [6, 6.07) is 1.84. The van der Waals surface area contributed by atoms with E-state index < -0.39 is 0 Å². The highest BCUT2D eigenvalue weighted by Crippen LogP contribution is 2.29. The monoisotopic (exact) mass is 256 g/mol. The summed E-state index contributed by atoms with van der Waals surface area (Å²) in [5, 5.41) is 0. The van der Waals surface area contributed by atoms with E-state index in [0.29, 0.717) is 0 Å². The Balaban J connectivity index is 1.84. The number of nitrogens with zero attached hydrogens (tertiary/aromatic N) is 3. The molecule has 0 unspecified atom stereocenters. The number of pyridine rings is 1. The summed E-state index contributed by atoms with van der Waals surface area (Å²) < 4.78 is 2.23. The van der Waals surface area contributed by atoms with E-state index in [0.717, 1.165) is 29.4 Å². The van der Waals surface area contributed by atoms with Crippen molar-refractivity contribution in [3.63, 3.8) is 0 Å². The third-order valence-corrected chi connectivity index (χ3v) is 4.02. The van der Waals surface area contributed by atoms with Gasteiger partial charge in [-0.05, 0) is 24.8 Å². The number of anilines is 1. The second-order valence-corrected chi connectivity index (χ2v) is 5.40. The summed E-state index contributed by atoms with van der Waals surface area (Å²) >= 11 is 0. The summed E-state index contributed by atoms with van der Waals surface area (Å²) in [7, 11) is 0. The van der Waals surface area contributed by atoms with Gasteiger partial charge in [-0.25, -0.2) is 4.98 Å². The van der Waals surface area contributed by atoms with Crippen molar-refractivity contribution in [2.75, 3.05) is 5.73 Å². The highest BCUT2D eigenvalue weighted by atomic mass is 15.0. The van der Waals surface area contributed by atoms with Crippen molar-refractivity contribution in [2.24, 2.45) is 5.92 Å². The van der Waals surface area contributed by atoms with Gasteiger partial charge in [-0.3, -0.25) is 4.98 Å². The van der Waals surface area contributed by atoms with E-state index in [1.165, 1.54) is 32.1 Å². The van der Waals surface area contributed by atoms with E-state index in [1.54, 1.807) is 6.20 Å². The van der Waals surface area contributed by atoms with Gasteiger partial charge in [0.05, 0.1) is 18.2 Å². The summed E-state index contributed by atoms with van der Waals surface area (Å²) in [5.74, 6) is 0.777. The van der Waals surface area contributed by atoms with Crippen molar-refractivity contribution in [3.05, 3.63) is 31.0 Å². The fourth-order valence-corrected chi connectivity index (χ4v) is 2.96. The molecule has 0 bridgehead atoms. The van der Waals surface area contributed by atoms with Crippen LogP contribution < -0.4 is 5.73 Å². The fraction of sp³-hybridized carbons (Fsp3) is 0.467. The molecular weight excluding hydrogens is 236 g/mol. The van der Waals surface area contributed by atoms with E-state index in [-0.39, 0.29) is 0 Å². The van der Waals surface area contributed by atoms with Crippen molar-refractivity contribution >= 4 is 5.69 Å². The molecule has 1 aliphatic rings. The van der Waals surface area contributed by atoms with Crippen LogP contribution in [0.2, 0.25) is 0 Å². The smallest absolute Gasteiger partial charge is 0.0951 e. The van der Waals surface area contributed by atoms with Crippen LogP contribution in [0.1, 0.15) is 32.1 Å². The highest BCUT2D eigenvalue weighted by molar-refractivity contribution is 5.72. The van der Waals surface area contributed by atoms with Gasteiger partial charge in [-0.15, -0.1) is 0 Å². The van der Waals surface area contributed by atoms with Gasteiger partial charge >= 0.3 is 0 Å². The van der Waals surface area contributed by atoms with Gasteiger partial charge in [0, 0.05) is 30.2 Å². The van der Waals surface area contributed by atoms with Crippen LogP contribution in [0.5, 0.6) is 0 Å². The molecule has 0 aliphatic heterocycles. The van der Waals surface area contributed by atoms with Crippen LogP contribution in [0.25, 0.3) is 11.3 Å². The number of imidazole rings is 1. The zero-order valence-corrected chi connectivity index (χ0v) is 11.1. The Labute approximate surface area is 113 Å². The molecule has 4 heteroatoms. The zero-order valence-electron chi connectivity index (χ0n) is 11.1. The average molecular weight is 256 g/mol. The fourth-order valence-electron chi connectivity index (χ4n) is 2.96. The Kier molecular flexibility index (Phi) is 3.49. The molecule has 1 fully saturated rings. The number of nitrogens with two attached hydrogens (primary N) is 1. The molecule has 19 heavy (non-hydrogen) atoms. The van der Waals surface area contributed by atoms with Crippen molar-refractivity contribution in [1.82, 2.24) is 14.5 Å². The molecule has 2 aromatic rings. The van der Waals surface area contributed by atoms with Gasteiger partial charge in [-0.2, -0.15) is 0 Å². The topological polar surface area (TPSA) is 56.7 Å². The van der Waals surface area contributed by atoms with E-state index in [4.69, 9.17) is 5.73 Å². The Morgan fingerprint density at radius 2 is 2.00 bits per heavy atom. The summed E-state index contributed by atoms with van der Waals surface area (Å²) in [6.45, 7) is 1.05. The van der Waals surface area contributed by atoms with Crippen molar-refractivity contribution < 1.29 is 0 Å². The maximum atomic E-state index is 6.03. The molecule has 2 aromatic heterocycles. The molecule has 0 radical (unpaired) electrons. The van der Waals surface area contributed by atoms with Gasteiger partial charge in [0.25, 0.3) is 0 Å². The molecule has 0 spiro atoms. The SMILES string of the molecule is Nc1ccncc1-c1cncn1CC1CCCCC1. The van der Waals surface area contributed by atoms with Crippen LogP contribution in [0.4, 0.5) is 5.69 Å². The number of nitrogen functional groups attached to an aromatic ring is 1. The minimum atomic E-state index is 0.764. The minimum absolute atomic E-state index is 0.764. The molecule has 0 amide bonds. The van der Waals surface area contributed by atoms with Crippen molar-refractivity contribution in [1.29, 1.82) is 0 Å². The molecular formula is C15H20N4. The van der Waals surface area contributed by atoms with Crippen LogP contribution >= 0.6 is 0 Å². The lowest BCUT2D eigenvalue weighted by atomic mass is 9.89. The average Bonchev–Trinajstić information content (AvgIpc) is 2.88. The van der Waals surface area contributed by atoms with Crippen molar-refractivity contribution in [2.45, 2.75) is 38.6 Å². The third-order valence-electron chi connectivity index (χ3n) is 4.02. The molecule has 1 saturated carbocycles. The van der Waals surface area contributed by atoms with Crippen LogP contribution in [0, 0.1) is 5.92 Å². The molecule has 2 N–H and O–H groups in total. The molecule has 2 heterocycles. The summed E-state index contributed by atoms with van der Waals surface area (Å²) in [5.41, 5.74) is 8.86. The maximum absolute atomic E-state index is 6.03. The Morgan fingerprint density at radius 1 is 1.16 bits per heavy atom. The predicted molar refractivity (Wildman–Crippen MR) is 76.4 cm³/mol. The van der Waals surface area contributed by atoms with Crippen LogP contribution in [-0.4, -0.2) is 14.5 Å². The summed E-state index contributed by atoms with van der Waals surface area (Å²) in [6.07, 6.45) is 14.1. The second-order valence-electron chi connectivity index (χ2n) is 5.40. The number of rotatable bonds is 3. The lowest BCUT2D eigenvalue weighted by molar-refractivity contribution is 0.320. The Morgan fingerprint density at radius 3 is 2.79 bits per heavy atom. The van der Waals surface area contributed by atoms with E-state index >= 15 is 0 Å². The number of hydrogen-bond donors (Lipinski definition) is 1. The minimum Gasteiger partial charge on any atom is -0.398 e. The highest BCUT2D eigenvalue weighted by Gasteiger charge is 2.16. The van der Waals surface area contributed by atoms with Crippen LogP contribution in [0.3, 0.4) is 0 Å². The zero-order chi connectivity index (χ0) is 13.1. The molecule has 0 atom stereocenters. The van der Waals surface area contributed by atoms with Crippen LogP contribution in [-0.2, 0) is 6.54 Å². The molecule has 0 saturated heterocycles. The van der Waals surface area contributed by atoms with E-state index in [1.807, 2.05) is 24.8 Å². The van der Waals surface area contributed by atoms with E-state index in [9.17, 15) is 0 Å². The molecule has 1 aliphatic carbocycles. The largest absolute Gasteiger partial charge is 0.398 e. The van der Waals surface area contributed by atoms with Gasteiger partial charge < -0.3 is 10.3 Å². The Bertz CT molecular complexity index is 541. The van der Waals surface area contributed by atoms with Crippen LogP contribution in [0.15, 0.2) is 31.0 Å². The van der Waals surface area contributed by atoms with Gasteiger partial charge in [0.15, 0.2) is 0 Å². The van der Waals surface area contributed by atoms with E-state index in [2.05, 4.69) is 14.5 Å². The lowest BCUT2D eigenvalue weighted by Gasteiger charge is -2.22. The Hall–Kier alpha value is -1.84. The molecule has 100 valence electrons. The number of hydrogen-bond acceptors (Lipinski definition) is 3. The van der Waals surface area contributed by atoms with Gasteiger partial charge in [0.1, 0.15) is 0 Å². The number of aromatic nitrogens is 3. The first-order valence-electron chi connectivity index (χ1n) is 7.04. The quantitative estimate of drug-likeness (QED) is 0.918. The maximum Gasteiger partial charge on any atom is 0.0951 e. The molecule has 4 nitrogen and oxygen atoms in total. The van der Waals surface area contributed by atoms with Crippen molar-refractivity contribution in [3.8, 4) is 11.3 Å². The van der Waals surface area contributed by atoms with Gasteiger partial charge in [-0.1, -0.05) is 19.3 Å². The van der Waals surface area contributed by atoms with Gasteiger partial charge in [0.2, 0.25) is 0 Å². The summed E-state index contributed by atoms with van der Waals surface area (Å²) in [4.78, 5) is 8.45. The normalized spacial score (nSPS) is 16.6. The first-order valence-corrected chi connectivity index (χ1v) is 7.04. The third kappa shape index (κ3) is 2.62. The lowest BCUT2D eigenvalue weighted by Crippen LogP contribution is -2.14. The predicted octanol–water partition coefficient (Wildman–Crippen LogP) is 3.11. The molecule has 3 rings (SSSR count).